The number of carbonyl (C=O) groups is 1. The average Bonchev–Trinajstić information content (AvgIpc) is 3.47. The maximum absolute atomic E-state index is 15.4. The second kappa shape index (κ2) is 8.47. The van der Waals surface area contributed by atoms with Gasteiger partial charge in [-0.15, -0.1) is 0 Å². The Kier molecular flexibility index (Phi) is 5.16. The van der Waals surface area contributed by atoms with Gasteiger partial charge in [-0.2, -0.15) is 18.9 Å². The van der Waals surface area contributed by atoms with Gasteiger partial charge in [-0.05, 0) is 60.3 Å². The lowest BCUT2D eigenvalue weighted by Gasteiger charge is -2.42. The topological polar surface area (TPSA) is 124 Å². The molecule has 1 saturated heterocycles. The molecule has 1 spiro atoms. The largest absolute Gasteiger partial charge is 0.342 e. The van der Waals surface area contributed by atoms with E-state index in [1.165, 1.54) is 18.1 Å². The summed E-state index contributed by atoms with van der Waals surface area (Å²) in [5.41, 5.74) is 9.35. The van der Waals surface area contributed by atoms with Crippen molar-refractivity contribution in [1.29, 1.82) is 0 Å². The van der Waals surface area contributed by atoms with Gasteiger partial charge in [-0.3, -0.25) is 19.7 Å². The van der Waals surface area contributed by atoms with Crippen LogP contribution >= 0.6 is 0 Å². The number of hydrogen-bond donors (Lipinski definition) is 3. The van der Waals surface area contributed by atoms with E-state index in [1.807, 2.05) is 6.07 Å². The summed E-state index contributed by atoms with van der Waals surface area (Å²) < 4.78 is 30.7. The molecule has 216 valence electrons. The number of aromatic amines is 2. The fraction of sp³-hybridized carbons (Fsp3) is 0.419. The molecule has 9 nitrogen and oxygen atoms in total. The molecule has 1 saturated carbocycles. The first-order chi connectivity index (χ1) is 20.1. The number of piperidine rings is 1. The van der Waals surface area contributed by atoms with Crippen molar-refractivity contribution in [3.8, 4) is 0 Å². The summed E-state index contributed by atoms with van der Waals surface area (Å²) in [5.74, 6) is -3.17. The maximum atomic E-state index is 15.4. The maximum Gasteiger partial charge on any atom is 0.293 e. The Balaban J connectivity index is 1.11. The third-order valence-corrected chi connectivity index (χ3v) is 10.2. The third kappa shape index (κ3) is 3.43. The van der Waals surface area contributed by atoms with Crippen molar-refractivity contribution in [2.45, 2.75) is 56.4 Å². The molecule has 1 atom stereocenters. The van der Waals surface area contributed by atoms with Gasteiger partial charge in [0.25, 0.3) is 11.5 Å². The van der Waals surface area contributed by atoms with E-state index in [0.717, 1.165) is 24.2 Å². The van der Waals surface area contributed by atoms with Crippen LogP contribution in [0.2, 0.25) is 0 Å². The third-order valence-electron chi connectivity index (χ3n) is 10.2. The Morgan fingerprint density at radius 1 is 1.07 bits per heavy atom. The minimum Gasteiger partial charge on any atom is -0.342 e. The Morgan fingerprint density at radius 3 is 2.55 bits per heavy atom. The summed E-state index contributed by atoms with van der Waals surface area (Å²) in [4.78, 5) is 36.6. The fourth-order valence-electron chi connectivity index (χ4n) is 7.84. The number of amides is 1. The molecule has 4 heterocycles. The number of aromatic nitrogens is 4. The standard InChI is InChI=1S/C31H31F2N7O2/c1-17(41)40-16-31(32,33)23-20(7-4-8-21(23)40)30(9-10-30)25-22-26(38-37-25)35-28(36-27(22)42)39-13-11-29(12-14-39)15-18-5-2-3-6-19(18)24(29)34/h2-8,24H,9-16,34H2,1H3,(H2,35,36,37,38,42)/t24-/m1/s1. The molecule has 0 unspecified atom stereocenters. The minimum atomic E-state index is -3.20. The van der Waals surface area contributed by atoms with Crippen LogP contribution < -0.4 is 21.1 Å². The number of rotatable bonds is 3. The number of alkyl halides is 2. The van der Waals surface area contributed by atoms with Crippen molar-refractivity contribution in [1.82, 2.24) is 20.2 Å². The molecule has 2 aliphatic carbocycles. The van der Waals surface area contributed by atoms with Crippen LogP contribution in [0.1, 0.15) is 66.6 Å². The van der Waals surface area contributed by atoms with Crippen molar-refractivity contribution in [2.24, 2.45) is 11.1 Å². The lowest BCUT2D eigenvalue weighted by Crippen LogP contribution is -2.45. The minimum absolute atomic E-state index is 0.0000672. The molecule has 4 aromatic rings. The smallest absolute Gasteiger partial charge is 0.293 e. The SMILES string of the molecule is CC(=O)N1CC(F)(F)c2c1cccc2C1(c2n[nH]c3nc(N4CCC5(CC4)Cc4ccccc4[C@H]5N)[nH]c(=O)c23)CC1. The van der Waals surface area contributed by atoms with Crippen LogP contribution in [0.3, 0.4) is 0 Å². The van der Waals surface area contributed by atoms with Crippen LogP contribution in [-0.4, -0.2) is 45.7 Å². The second-order valence-electron chi connectivity index (χ2n) is 12.5. The van der Waals surface area contributed by atoms with Gasteiger partial charge >= 0.3 is 0 Å². The first kappa shape index (κ1) is 25.6. The zero-order chi connectivity index (χ0) is 29.0. The number of anilines is 2. The molecule has 2 aromatic carbocycles. The zero-order valence-corrected chi connectivity index (χ0v) is 23.2. The molecule has 11 heteroatoms. The predicted octanol–water partition coefficient (Wildman–Crippen LogP) is 4.03. The lowest BCUT2D eigenvalue weighted by atomic mass is 9.73. The van der Waals surface area contributed by atoms with E-state index >= 15 is 8.78 Å². The number of benzene rings is 2. The number of halogens is 2. The highest BCUT2D eigenvalue weighted by molar-refractivity contribution is 5.95. The van der Waals surface area contributed by atoms with E-state index in [4.69, 9.17) is 10.7 Å². The molecule has 8 rings (SSSR count). The molecule has 2 aromatic heterocycles. The molecule has 1 amide bonds. The summed E-state index contributed by atoms with van der Waals surface area (Å²) in [7, 11) is 0. The van der Waals surface area contributed by atoms with Crippen LogP contribution in [0.15, 0.2) is 47.3 Å². The molecule has 0 bridgehead atoms. The average molecular weight is 572 g/mol. The van der Waals surface area contributed by atoms with Crippen molar-refractivity contribution in [3.63, 3.8) is 0 Å². The molecular formula is C31H31F2N7O2. The highest BCUT2D eigenvalue weighted by Gasteiger charge is 2.56. The van der Waals surface area contributed by atoms with E-state index in [1.54, 1.807) is 18.2 Å². The van der Waals surface area contributed by atoms with Crippen molar-refractivity contribution in [3.05, 3.63) is 80.8 Å². The molecule has 4 N–H and O–H groups in total. The highest BCUT2D eigenvalue weighted by Crippen LogP contribution is 2.59. The Labute approximate surface area is 240 Å². The first-order valence-corrected chi connectivity index (χ1v) is 14.5. The molecule has 0 radical (unpaired) electrons. The Bertz CT molecular complexity index is 1830. The normalized spacial score (nSPS) is 22.9. The molecular weight excluding hydrogens is 540 g/mol. The summed E-state index contributed by atoms with van der Waals surface area (Å²) in [6.07, 6.45) is 3.86. The number of nitrogens with zero attached hydrogens (tertiary/aromatic N) is 4. The van der Waals surface area contributed by atoms with Crippen molar-refractivity contribution < 1.29 is 13.6 Å². The van der Waals surface area contributed by atoms with Crippen LogP contribution in [0.4, 0.5) is 20.4 Å². The number of hydrogen-bond acceptors (Lipinski definition) is 6. The van der Waals surface area contributed by atoms with Gasteiger partial charge < -0.3 is 15.5 Å². The van der Waals surface area contributed by atoms with Gasteiger partial charge in [0, 0.05) is 31.5 Å². The summed E-state index contributed by atoms with van der Waals surface area (Å²) >= 11 is 0. The van der Waals surface area contributed by atoms with Crippen LogP contribution in [0.5, 0.6) is 0 Å². The van der Waals surface area contributed by atoms with Gasteiger partial charge in [0.1, 0.15) is 5.39 Å². The van der Waals surface area contributed by atoms with Crippen LogP contribution in [0, 0.1) is 5.41 Å². The van der Waals surface area contributed by atoms with Crippen molar-refractivity contribution >= 4 is 28.6 Å². The number of nitrogens with two attached hydrogens (primary N) is 1. The summed E-state index contributed by atoms with van der Waals surface area (Å²) in [6, 6.07) is 13.3. The van der Waals surface area contributed by atoms with Crippen LogP contribution in [0.25, 0.3) is 11.0 Å². The van der Waals surface area contributed by atoms with Crippen molar-refractivity contribution in [2.75, 3.05) is 29.4 Å². The number of nitrogens with one attached hydrogen (secondary N) is 2. The molecule has 4 aliphatic rings. The zero-order valence-electron chi connectivity index (χ0n) is 23.2. The van der Waals surface area contributed by atoms with E-state index in [0.29, 0.717) is 54.2 Å². The number of H-pyrrole nitrogens is 2. The second-order valence-corrected chi connectivity index (χ2v) is 12.5. The lowest BCUT2D eigenvalue weighted by molar-refractivity contribution is -0.117. The summed E-state index contributed by atoms with van der Waals surface area (Å²) in [6.45, 7) is 2.02. The quantitative estimate of drug-likeness (QED) is 0.341. The Morgan fingerprint density at radius 2 is 1.83 bits per heavy atom. The summed E-state index contributed by atoms with van der Waals surface area (Å²) in [5, 5.41) is 7.72. The van der Waals surface area contributed by atoms with E-state index in [9.17, 15) is 9.59 Å². The van der Waals surface area contributed by atoms with Gasteiger partial charge in [-0.1, -0.05) is 36.4 Å². The van der Waals surface area contributed by atoms with E-state index < -0.39 is 23.8 Å². The monoisotopic (exact) mass is 571 g/mol. The highest BCUT2D eigenvalue weighted by atomic mass is 19.3. The fourth-order valence-corrected chi connectivity index (χ4v) is 7.84. The first-order valence-electron chi connectivity index (χ1n) is 14.5. The van der Waals surface area contributed by atoms with Crippen LogP contribution in [-0.2, 0) is 22.6 Å². The molecule has 2 fully saturated rings. The van der Waals surface area contributed by atoms with Gasteiger partial charge in [-0.25, -0.2) is 0 Å². The van der Waals surface area contributed by atoms with Gasteiger partial charge in [0.2, 0.25) is 11.9 Å². The van der Waals surface area contributed by atoms with Gasteiger partial charge in [0.15, 0.2) is 5.65 Å². The number of fused-ring (bicyclic) bond motifs is 3. The van der Waals surface area contributed by atoms with E-state index in [-0.39, 0.29) is 28.3 Å². The molecule has 2 aliphatic heterocycles. The van der Waals surface area contributed by atoms with Gasteiger partial charge in [0.05, 0.1) is 23.5 Å². The Hall–Kier alpha value is -4.12. The number of carbonyl (C=O) groups excluding carboxylic acids is 1. The molecule has 42 heavy (non-hydrogen) atoms. The predicted molar refractivity (Wildman–Crippen MR) is 154 cm³/mol. The van der Waals surface area contributed by atoms with E-state index in [2.05, 4.69) is 38.3 Å².